The first-order valence-electron chi connectivity index (χ1n) is 15.4. The summed E-state index contributed by atoms with van der Waals surface area (Å²) >= 11 is 0. The van der Waals surface area contributed by atoms with Crippen molar-refractivity contribution in [2.24, 2.45) is 29.6 Å². The lowest BCUT2D eigenvalue weighted by Crippen LogP contribution is -2.34. The lowest BCUT2D eigenvalue weighted by atomic mass is 9.60. The Morgan fingerprint density at radius 2 is 1.24 bits per heavy atom. The fraction of sp³-hybridized carbons (Fsp3) is 0.647. The van der Waals surface area contributed by atoms with Gasteiger partial charge in [-0.1, -0.05) is 56.9 Å². The van der Waals surface area contributed by atoms with Gasteiger partial charge < -0.3 is 9.47 Å². The third-order valence-electron chi connectivity index (χ3n) is 10.1. The zero-order valence-corrected chi connectivity index (χ0v) is 23.4. The molecule has 0 radical (unpaired) electrons. The van der Waals surface area contributed by atoms with Crippen molar-refractivity contribution in [1.82, 2.24) is 0 Å². The molecule has 4 heteroatoms. The summed E-state index contributed by atoms with van der Waals surface area (Å²) in [5, 5.41) is 0. The second-order valence-corrected chi connectivity index (χ2v) is 12.3. The molecule has 3 saturated carbocycles. The van der Waals surface area contributed by atoms with E-state index in [-0.39, 0.29) is 24.7 Å². The Hall–Kier alpha value is -2.10. The summed E-state index contributed by atoms with van der Waals surface area (Å²) in [5.74, 6) is 3.32. The van der Waals surface area contributed by atoms with Gasteiger partial charge in [-0.25, -0.2) is 0 Å². The van der Waals surface area contributed by atoms with Crippen molar-refractivity contribution in [3.8, 4) is 11.5 Å². The van der Waals surface area contributed by atoms with Crippen LogP contribution in [0, 0.1) is 41.2 Å². The minimum atomic E-state index is -0.997. The second-order valence-electron chi connectivity index (χ2n) is 12.3. The minimum Gasteiger partial charge on any atom is -0.491 e. The largest absolute Gasteiger partial charge is 0.491 e. The summed E-state index contributed by atoms with van der Waals surface area (Å²) in [4.78, 5) is 0. The van der Waals surface area contributed by atoms with Crippen LogP contribution >= 0.6 is 0 Å². The van der Waals surface area contributed by atoms with Gasteiger partial charge in [0, 0.05) is 0 Å². The van der Waals surface area contributed by atoms with Crippen molar-refractivity contribution in [3.05, 3.63) is 59.2 Å². The summed E-state index contributed by atoms with van der Waals surface area (Å²) < 4.78 is 39.2. The lowest BCUT2D eigenvalue weighted by Gasteiger charge is -2.45. The molecule has 0 aliphatic heterocycles. The van der Waals surface area contributed by atoms with Crippen LogP contribution in [0.5, 0.6) is 11.5 Å². The van der Waals surface area contributed by atoms with Crippen molar-refractivity contribution >= 4 is 0 Å². The van der Waals surface area contributed by atoms with Crippen molar-refractivity contribution in [1.29, 1.82) is 0 Å². The van der Waals surface area contributed by atoms with Gasteiger partial charge in [0.15, 0.2) is 11.5 Å². The molecule has 3 fully saturated rings. The van der Waals surface area contributed by atoms with Gasteiger partial charge in [-0.05, 0) is 117 Å². The van der Waals surface area contributed by atoms with Crippen LogP contribution in [-0.2, 0) is 6.61 Å². The molecule has 2 aromatic carbocycles. The number of hydrogen-bond acceptors (Lipinski definition) is 2. The average molecular weight is 525 g/mol. The summed E-state index contributed by atoms with van der Waals surface area (Å²) in [6, 6.07) is 11.5. The fourth-order valence-corrected chi connectivity index (χ4v) is 7.95. The third kappa shape index (κ3) is 6.37. The van der Waals surface area contributed by atoms with E-state index < -0.39 is 11.6 Å². The molecule has 3 aliphatic rings. The maximum absolute atomic E-state index is 14.3. The smallest absolute Gasteiger partial charge is 0.204 e. The van der Waals surface area contributed by atoms with Crippen LogP contribution in [-0.4, -0.2) is 6.61 Å². The van der Waals surface area contributed by atoms with Crippen LogP contribution in [0.25, 0.3) is 0 Å². The van der Waals surface area contributed by atoms with Crippen LogP contribution in [0.15, 0.2) is 36.4 Å². The van der Waals surface area contributed by atoms with Gasteiger partial charge in [-0.2, -0.15) is 8.78 Å². The van der Waals surface area contributed by atoms with Crippen LogP contribution in [0.1, 0.15) is 108 Å². The first kappa shape index (κ1) is 27.5. The normalized spacial score (nSPS) is 29.5. The van der Waals surface area contributed by atoms with Gasteiger partial charge in [0.1, 0.15) is 6.61 Å². The van der Waals surface area contributed by atoms with E-state index in [1.165, 1.54) is 94.7 Å². The summed E-state index contributed by atoms with van der Waals surface area (Å²) in [7, 11) is 0. The zero-order valence-electron chi connectivity index (χ0n) is 23.4. The maximum Gasteiger partial charge on any atom is 0.204 e. The van der Waals surface area contributed by atoms with E-state index in [9.17, 15) is 8.78 Å². The monoisotopic (exact) mass is 524 g/mol. The second kappa shape index (κ2) is 12.8. The Morgan fingerprint density at radius 1 is 0.658 bits per heavy atom. The highest BCUT2D eigenvalue weighted by Crippen LogP contribution is 2.51. The molecule has 38 heavy (non-hydrogen) atoms. The predicted octanol–water partition coefficient (Wildman–Crippen LogP) is 9.85. The summed E-state index contributed by atoms with van der Waals surface area (Å²) in [5.41, 5.74) is 2.38. The van der Waals surface area contributed by atoms with E-state index in [1.54, 1.807) is 6.92 Å². The molecule has 5 rings (SSSR count). The quantitative estimate of drug-likeness (QED) is 0.325. The standard InChI is InChI=1S/C34H46F2O2/c1-3-5-23-6-10-25(11-7-23)27-14-16-30-21-28(15-17-29(30)20-27)26-12-8-24(9-13-26)22-38-32-19-18-31(37-4-2)33(35)34(32)36/h8-9,12-13,18-19,23,25,27-30H,3-7,10-11,14-17,20-22H2,1-2H3. The van der Waals surface area contributed by atoms with Crippen molar-refractivity contribution < 1.29 is 18.3 Å². The Labute approximate surface area is 228 Å². The van der Waals surface area contributed by atoms with E-state index in [0.717, 1.165) is 35.2 Å². The molecule has 2 nitrogen and oxygen atoms in total. The van der Waals surface area contributed by atoms with E-state index in [2.05, 4.69) is 31.2 Å². The molecular weight excluding hydrogens is 478 g/mol. The first-order chi connectivity index (χ1) is 18.6. The van der Waals surface area contributed by atoms with Gasteiger partial charge >= 0.3 is 0 Å². The van der Waals surface area contributed by atoms with Crippen molar-refractivity contribution in [2.45, 2.75) is 103 Å². The number of rotatable bonds is 9. The van der Waals surface area contributed by atoms with Gasteiger partial charge in [0.05, 0.1) is 6.61 Å². The molecule has 0 saturated heterocycles. The molecule has 0 N–H and O–H groups in total. The van der Waals surface area contributed by atoms with Gasteiger partial charge in [0.25, 0.3) is 0 Å². The Morgan fingerprint density at radius 3 is 1.89 bits per heavy atom. The van der Waals surface area contributed by atoms with Gasteiger partial charge in [-0.15, -0.1) is 0 Å². The Bertz CT molecular complexity index is 1030. The number of ether oxygens (including phenoxy) is 2. The van der Waals surface area contributed by atoms with E-state index in [1.807, 2.05) is 0 Å². The average Bonchev–Trinajstić information content (AvgIpc) is 2.95. The summed E-state index contributed by atoms with van der Waals surface area (Å²) in [6.45, 7) is 4.57. The maximum atomic E-state index is 14.3. The Balaban J connectivity index is 1.10. The van der Waals surface area contributed by atoms with Crippen LogP contribution in [0.2, 0.25) is 0 Å². The van der Waals surface area contributed by atoms with Gasteiger partial charge in [0.2, 0.25) is 11.6 Å². The number of benzene rings is 2. The molecule has 2 aromatic rings. The minimum absolute atomic E-state index is 0.0838. The molecule has 0 bridgehead atoms. The topological polar surface area (TPSA) is 18.5 Å². The number of hydrogen-bond donors (Lipinski definition) is 0. The third-order valence-corrected chi connectivity index (χ3v) is 10.1. The molecule has 4 unspecified atom stereocenters. The van der Waals surface area contributed by atoms with E-state index in [0.29, 0.717) is 5.92 Å². The highest BCUT2D eigenvalue weighted by atomic mass is 19.2. The molecule has 208 valence electrons. The van der Waals surface area contributed by atoms with E-state index >= 15 is 0 Å². The Kier molecular flexibility index (Phi) is 9.28. The van der Waals surface area contributed by atoms with E-state index in [4.69, 9.17) is 9.47 Å². The highest BCUT2D eigenvalue weighted by molar-refractivity contribution is 5.35. The molecule has 0 amide bonds. The van der Waals surface area contributed by atoms with Crippen LogP contribution in [0.4, 0.5) is 8.78 Å². The predicted molar refractivity (Wildman–Crippen MR) is 150 cm³/mol. The number of fused-ring (bicyclic) bond motifs is 1. The van der Waals surface area contributed by atoms with Gasteiger partial charge in [-0.3, -0.25) is 0 Å². The SMILES string of the molecule is CCCC1CCC(C2CCC3CC(c4ccc(COc5ccc(OCC)c(F)c5F)cc4)CCC3C2)CC1. The molecule has 0 heterocycles. The summed E-state index contributed by atoms with van der Waals surface area (Å²) in [6.07, 6.45) is 17.1. The molecule has 0 spiro atoms. The van der Waals surface area contributed by atoms with Crippen LogP contribution in [0.3, 0.4) is 0 Å². The molecule has 0 aromatic heterocycles. The number of halogens is 2. The first-order valence-corrected chi connectivity index (χ1v) is 15.4. The molecular formula is C34H46F2O2. The highest BCUT2D eigenvalue weighted by Gasteiger charge is 2.39. The van der Waals surface area contributed by atoms with Crippen LogP contribution < -0.4 is 9.47 Å². The van der Waals surface area contributed by atoms with Crippen molar-refractivity contribution in [2.75, 3.05) is 6.61 Å². The zero-order chi connectivity index (χ0) is 26.5. The molecule has 4 atom stereocenters. The lowest BCUT2D eigenvalue weighted by molar-refractivity contribution is 0.0712. The van der Waals surface area contributed by atoms with Crippen molar-refractivity contribution in [3.63, 3.8) is 0 Å². The fourth-order valence-electron chi connectivity index (χ4n) is 7.95. The molecule has 3 aliphatic carbocycles.